The molecule has 0 radical (unpaired) electrons. The first-order valence-electron chi connectivity index (χ1n) is 7.45. The fourth-order valence-corrected chi connectivity index (χ4v) is 5.42. The van der Waals surface area contributed by atoms with Gasteiger partial charge in [-0.3, -0.25) is 0 Å². The fourth-order valence-electron chi connectivity index (χ4n) is 5.42. The van der Waals surface area contributed by atoms with Crippen LogP contribution in [0.15, 0.2) is 0 Å². The molecule has 3 fully saturated rings. The van der Waals surface area contributed by atoms with Crippen LogP contribution in [0.3, 0.4) is 0 Å². The van der Waals surface area contributed by atoms with Gasteiger partial charge >= 0.3 is 0 Å². The molecule has 0 saturated heterocycles. The summed E-state index contributed by atoms with van der Waals surface area (Å²) in [5.74, 6) is 2.01. The van der Waals surface area contributed by atoms with Crippen LogP contribution in [0.25, 0.3) is 0 Å². The third-order valence-corrected chi connectivity index (χ3v) is 6.28. The molecule has 0 bridgehead atoms. The molecular formula is C15H26O3. The number of fused-ring (bicyclic) bond motifs is 3. The standard InChI is InChI=1S/C15H26O3/c1-9-3-4-11-12(9)13-10(7-14(13,2)17)5-6-15(11,18)8-16/h9-13,16-18H,3-8H2,1-2H3/t9-,10+,11+,12-,13-,14+,15+/m1/s1. The second-order valence-electron chi connectivity index (χ2n) is 7.39. The predicted molar refractivity (Wildman–Crippen MR) is 68.9 cm³/mol. The summed E-state index contributed by atoms with van der Waals surface area (Å²) in [6, 6.07) is 0. The molecule has 0 aromatic carbocycles. The van der Waals surface area contributed by atoms with E-state index in [-0.39, 0.29) is 12.5 Å². The number of hydrogen-bond donors (Lipinski definition) is 3. The monoisotopic (exact) mass is 254 g/mol. The Kier molecular flexibility index (Phi) is 2.82. The summed E-state index contributed by atoms with van der Waals surface area (Å²) in [5, 5.41) is 30.9. The van der Waals surface area contributed by atoms with E-state index in [2.05, 4.69) is 6.92 Å². The first-order valence-corrected chi connectivity index (χ1v) is 7.45. The van der Waals surface area contributed by atoms with Gasteiger partial charge in [-0.2, -0.15) is 0 Å². The molecule has 3 heteroatoms. The van der Waals surface area contributed by atoms with Crippen LogP contribution >= 0.6 is 0 Å². The van der Waals surface area contributed by atoms with Crippen molar-refractivity contribution in [2.75, 3.05) is 6.61 Å². The van der Waals surface area contributed by atoms with Crippen LogP contribution in [-0.2, 0) is 0 Å². The Bertz CT molecular complexity index is 341. The lowest BCUT2D eigenvalue weighted by molar-refractivity contribution is -0.163. The van der Waals surface area contributed by atoms with E-state index in [1.165, 1.54) is 0 Å². The number of hydrogen-bond acceptors (Lipinski definition) is 3. The lowest BCUT2D eigenvalue weighted by Gasteiger charge is -2.54. The Labute approximate surface area is 109 Å². The minimum Gasteiger partial charge on any atom is -0.393 e. The fraction of sp³-hybridized carbons (Fsp3) is 1.00. The van der Waals surface area contributed by atoms with Gasteiger partial charge in [-0.25, -0.2) is 0 Å². The molecule has 3 saturated carbocycles. The van der Waals surface area contributed by atoms with Crippen molar-refractivity contribution in [2.45, 2.75) is 57.2 Å². The van der Waals surface area contributed by atoms with Gasteiger partial charge in [-0.15, -0.1) is 0 Å². The van der Waals surface area contributed by atoms with Gasteiger partial charge in [-0.1, -0.05) is 13.3 Å². The van der Waals surface area contributed by atoms with Crippen molar-refractivity contribution in [1.29, 1.82) is 0 Å². The smallest absolute Gasteiger partial charge is 0.0908 e. The normalized spacial score (nSPS) is 59.5. The molecule has 0 amide bonds. The molecule has 3 aliphatic rings. The first-order chi connectivity index (χ1) is 8.39. The third-order valence-electron chi connectivity index (χ3n) is 6.28. The highest BCUT2D eigenvalue weighted by molar-refractivity contribution is 5.11. The van der Waals surface area contributed by atoms with E-state index in [4.69, 9.17) is 0 Å². The molecule has 0 aromatic rings. The summed E-state index contributed by atoms with van der Waals surface area (Å²) in [5.41, 5.74) is -1.45. The molecule has 3 rings (SSSR count). The summed E-state index contributed by atoms with van der Waals surface area (Å²) in [7, 11) is 0. The molecule has 0 aliphatic heterocycles. The Morgan fingerprint density at radius 3 is 2.50 bits per heavy atom. The topological polar surface area (TPSA) is 60.7 Å². The van der Waals surface area contributed by atoms with Gasteiger partial charge in [-0.05, 0) is 62.2 Å². The molecule has 18 heavy (non-hydrogen) atoms. The third kappa shape index (κ3) is 1.60. The second-order valence-corrected chi connectivity index (χ2v) is 7.39. The molecule has 0 unspecified atom stereocenters. The average Bonchev–Trinajstić information content (AvgIpc) is 2.61. The Morgan fingerprint density at radius 2 is 1.89 bits per heavy atom. The minimum atomic E-state index is -0.900. The van der Waals surface area contributed by atoms with E-state index in [1.807, 2.05) is 6.92 Å². The Balaban J connectivity index is 1.96. The maximum absolute atomic E-state index is 10.7. The van der Waals surface area contributed by atoms with E-state index in [0.717, 1.165) is 25.7 Å². The quantitative estimate of drug-likeness (QED) is 0.665. The highest BCUT2D eigenvalue weighted by atomic mass is 16.3. The van der Waals surface area contributed by atoms with Crippen molar-refractivity contribution in [3.63, 3.8) is 0 Å². The lowest BCUT2D eigenvalue weighted by atomic mass is 9.54. The molecule has 0 heterocycles. The molecule has 7 atom stereocenters. The molecule has 3 N–H and O–H groups in total. The van der Waals surface area contributed by atoms with Crippen LogP contribution in [0, 0.1) is 29.6 Å². The van der Waals surface area contributed by atoms with Crippen LogP contribution in [0.4, 0.5) is 0 Å². The van der Waals surface area contributed by atoms with Crippen LogP contribution in [0.2, 0.25) is 0 Å². The van der Waals surface area contributed by atoms with Gasteiger partial charge in [0, 0.05) is 0 Å². The Morgan fingerprint density at radius 1 is 1.17 bits per heavy atom. The summed E-state index contributed by atoms with van der Waals surface area (Å²) < 4.78 is 0. The van der Waals surface area contributed by atoms with Gasteiger partial charge in [0.05, 0.1) is 17.8 Å². The van der Waals surface area contributed by atoms with Gasteiger partial charge in [0.25, 0.3) is 0 Å². The van der Waals surface area contributed by atoms with Crippen molar-refractivity contribution in [3.05, 3.63) is 0 Å². The summed E-state index contributed by atoms with van der Waals surface area (Å²) >= 11 is 0. The molecule has 0 spiro atoms. The summed E-state index contributed by atoms with van der Waals surface area (Å²) in [6.45, 7) is 4.08. The highest BCUT2D eigenvalue weighted by Crippen LogP contribution is 2.61. The van der Waals surface area contributed by atoms with E-state index in [9.17, 15) is 15.3 Å². The summed E-state index contributed by atoms with van der Waals surface area (Å²) in [6.07, 6.45) is 4.65. The SMILES string of the molecule is C[C@@H]1CC[C@H]2[C@@H]1[C@H]1[C@@H](CC[C@]2(O)CO)C[C@]1(C)O. The molecular weight excluding hydrogens is 228 g/mol. The van der Waals surface area contributed by atoms with Crippen molar-refractivity contribution in [2.24, 2.45) is 29.6 Å². The molecule has 0 aromatic heterocycles. The van der Waals surface area contributed by atoms with Gasteiger partial charge in [0.15, 0.2) is 0 Å². The molecule has 3 nitrogen and oxygen atoms in total. The van der Waals surface area contributed by atoms with Crippen LogP contribution in [0.5, 0.6) is 0 Å². The lowest BCUT2D eigenvalue weighted by Crippen LogP contribution is -2.56. The van der Waals surface area contributed by atoms with Crippen molar-refractivity contribution >= 4 is 0 Å². The molecule has 104 valence electrons. The largest absolute Gasteiger partial charge is 0.393 e. The zero-order valence-electron chi connectivity index (χ0n) is 11.5. The van der Waals surface area contributed by atoms with E-state index in [0.29, 0.717) is 30.1 Å². The van der Waals surface area contributed by atoms with E-state index >= 15 is 0 Å². The minimum absolute atomic E-state index is 0.123. The average molecular weight is 254 g/mol. The van der Waals surface area contributed by atoms with Crippen LogP contribution in [0.1, 0.15) is 46.0 Å². The van der Waals surface area contributed by atoms with Gasteiger partial charge in [0.1, 0.15) is 0 Å². The number of rotatable bonds is 1. The van der Waals surface area contributed by atoms with Crippen molar-refractivity contribution in [1.82, 2.24) is 0 Å². The maximum atomic E-state index is 10.7. The highest BCUT2D eigenvalue weighted by Gasteiger charge is 2.61. The first kappa shape index (κ1) is 12.9. The zero-order valence-corrected chi connectivity index (χ0v) is 11.5. The van der Waals surface area contributed by atoms with Gasteiger partial charge < -0.3 is 15.3 Å². The number of aliphatic hydroxyl groups excluding tert-OH is 1. The predicted octanol–water partition coefficient (Wildman–Crippen LogP) is 1.55. The van der Waals surface area contributed by atoms with Gasteiger partial charge in [0.2, 0.25) is 0 Å². The van der Waals surface area contributed by atoms with E-state index in [1.54, 1.807) is 0 Å². The molecule has 3 aliphatic carbocycles. The second kappa shape index (κ2) is 3.94. The maximum Gasteiger partial charge on any atom is 0.0908 e. The number of aliphatic hydroxyl groups is 3. The van der Waals surface area contributed by atoms with Crippen molar-refractivity contribution < 1.29 is 15.3 Å². The summed E-state index contributed by atoms with van der Waals surface area (Å²) in [4.78, 5) is 0. The van der Waals surface area contributed by atoms with Crippen LogP contribution < -0.4 is 0 Å². The Hall–Kier alpha value is -0.120. The van der Waals surface area contributed by atoms with E-state index < -0.39 is 11.2 Å². The zero-order chi connectivity index (χ0) is 13.1. The van der Waals surface area contributed by atoms with Crippen molar-refractivity contribution in [3.8, 4) is 0 Å². The van der Waals surface area contributed by atoms with Crippen LogP contribution in [-0.4, -0.2) is 33.1 Å².